The number of hydrogen-bond donors (Lipinski definition) is 2. The van der Waals surface area contributed by atoms with Gasteiger partial charge in [-0.2, -0.15) is 4.98 Å². The zero-order valence-electron chi connectivity index (χ0n) is 12.5. The fraction of sp³-hybridized carbons (Fsp3) is 0.375. The second-order valence-corrected chi connectivity index (χ2v) is 5.89. The molecule has 116 valence electrons. The molecule has 0 aliphatic heterocycles. The van der Waals surface area contributed by atoms with Gasteiger partial charge >= 0.3 is 0 Å². The van der Waals surface area contributed by atoms with Crippen LogP contribution in [0.15, 0.2) is 24.3 Å². The number of aryl methyl sites for hydroxylation is 1. The van der Waals surface area contributed by atoms with Crippen molar-refractivity contribution in [2.45, 2.75) is 31.7 Å². The Kier molecular flexibility index (Phi) is 4.34. The Bertz CT molecular complexity index is 657. The van der Waals surface area contributed by atoms with Crippen molar-refractivity contribution < 1.29 is 4.74 Å². The van der Waals surface area contributed by atoms with Gasteiger partial charge in [-0.25, -0.2) is 4.98 Å². The summed E-state index contributed by atoms with van der Waals surface area (Å²) in [6, 6.07) is 8.31. The maximum absolute atomic E-state index is 5.93. The lowest BCUT2D eigenvalue weighted by molar-refractivity contribution is 0.414. The standard InChI is InChI=1S/C16H19ClN4O/c1-22-13-6-5-11-7-12(4-2-3-10(11)8-13)19-15-9-14(17)20-16(18)21-15/h5-6,8-9,12H,2-4,7H2,1H3,(H3,18,19,20,21). The van der Waals surface area contributed by atoms with Crippen LogP contribution in [0.25, 0.3) is 0 Å². The molecule has 6 heteroatoms. The van der Waals surface area contributed by atoms with Crippen molar-refractivity contribution in [3.05, 3.63) is 40.5 Å². The third-order valence-electron chi connectivity index (χ3n) is 3.94. The van der Waals surface area contributed by atoms with E-state index in [0.29, 0.717) is 17.0 Å². The molecule has 0 saturated heterocycles. The molecule has 0 saturated carbocycles. The molecule has 0 fully saturated rings. The largest absolute Gasteiger partial charge is 0.497 e. The molecule has 22 heavy (non-hydrogen) atoms. The highest BCUT2D eigenvalue weighted by molar-refractivity contribution is 6.29. The highest BCUT2D eigenvalue weighted by atomic mass is 35.5. The zero-order valence-corrected chi connectivity index (χ0v) is 13.2. The first-order valence-corrected chi connectivity index (χ1v) is 7.74. The molecular weight excluding hydrogens is 300 g/mol. The van der Waals surface area contributed by atoms with Crippen molar-refractivity contribution in [3.8, 4) is 5.75 Å². The summed E-state index contributed by atoms with van der Waals surface area (Å²) in [7, 11) is 1.70. The molecular formula is C16H19ClN4O. The van der Waals surface area contributed by atoms with Crippen molar-refractivity contribution in [3.63, 3.8) is 0 Å². The van der Waals surface area contributed by atoms with E-state index in [1.54, 1.807) is 13.2 Å². The lowest BCUT2D eigenvalue weighted by atomic mass is 10.0. The van der Waals surface area contributed by atoms with Crippen LogP contribution in [0.3, 0.4) is 0 Å². The first kappa shape index (κ1) is 14.9. The number of fused-ring (bicyclic) bond motifs is 1. The third kappa shape index (κ3) is 3.42. The van der Waals surface area contributed by atoms with Crippen molar-refractivity contribution in [2.75, 3.05) is 18.2 Å². The second-order valence-electron chi connectivity index (χ2n) is 5.51. The van der Waals surface area contributed by atoms with E-state index in [0.717, 1.165) is 31.4 Å². The van der Waals surface area contributed by atoms with Crippen LogP contribution < -0.4 is 15.8 Å². The molecule has 1 heterocycles. The van der Waals surface area contributed by atoms with Gasteiger partial charge in [0.05, 0.1) is 7.11 Å². The Hall–Kier alpha value is -2.01. The summed E-state index contributed by atoms with van der Waals surface area (Å²) in [6.07, 6.45) is 4.20. The maximum Gasteiger partial charge on any atom is 0.223 e. The number of nitrogens with zero attached hydrogens (tertiary/aromatic N) is 2. The van der Waals surface area contributed by atoms with Gasteiger partial charge in [0.15, 0.2) is 0 Å². The van der Waals surface area contributed by atoms with Crippen LogP contribution in [0.5, 0.6) is 5.75 Å². The van der Waals surface area contributed by atoms with Gasteiger partial charge in [0.1, 0.15) is 16.7 Å². The molecule has 2 aromatic rings. The van der Waals surface area contributed by atoms with Gasteiger partial charge < -0.3 is 15.8 Å². The average Bonchev–Trinajstić information content (AvgIpc) is 2.66. The number of hydrogen-bond acceptors (Lipinski definition) is 5. The van der Waals surface area contributed by atoms with Gasteiger partial charge in [0.25, 0.3) is 0 Å². The summed E-state index contributed by atoms with van der Waals surface area (Å²) in [5.74, 6) is 1.79. The van der Waals surface area contributed by atoms with Gasteiger partial charge in [-0.05, 0) is 48.9 Å². The van der Waals surface area contributed by atoms with E-state index < -0.39 is 0 Å². The Morgan fingerprint density at radius 3 is 2.91 bits per heavy atom. The molecule has 3 rings (SSSR count). The van der Waals surface area contributed by atoms with E-state index in [2.05, 4.69) is 27.4 Å². The quantitative estimate of drug-likeness (QED) is 0.672. The highest BCUT2D eigenvalue weighted by Crippen LogP contribution is 2.26. The summed E-state index contributed by atoms with van der Waals surface area (Å²) in [4.78, 5) is 8.07. The summed E-state index contributed by atoms with van der Waals surface area (Å²) >= 11 is 5.93. The lowest BCUT2D eigenvalue weighted by Gasteiger charge is -2.18. The van der Waals surface area contributed by atoms with Crippen LogP contribution in [-0.2, 0) is 12.8 Å². The minimum Gasteiger partial charge on any atom is -0.497 e. The van der Waals surface area contributed by atoms with Crippen LogP contribution in [0.4, 0.5) is 11.8 Å². The van der Waals surface area contributed by atoms with E-state index in [9.17, 15) is 0 Å². The molecule has 1 aromatic carbocycles. The Morgan fingerprint density at radius 1 is 1.27 bits per heavy atom. The molecule has 5 nitrogen and oxygen atoms in total. The number of benzene rings is 1. The Morgan fingerprint density at radius 2 is 2.14 bits per heavy atom. The number of methoxy groups -OCH3 is 1. The fourth-order valence-corrected chi connectivity index (χ4v) is 3.10. The minimum atomic E-state index is 0.189. The van der Waals surface area contributed by atoms with Crippen molar-refractivity contribution in [2.24, 2.45) is 0 Å². The van der Waals surface area contributed by atoms with E-state index >= 15 is 0 Å². The van der Waals surface area contributed by atoms with Gasteiger partial charge in [0, 0.05) is 12.1 Å². The number of aromatic nitrogens is 2. The monoisotopic (exact) mass is 318 g/mol. The number of anilines is 2. The summed E-state index contributed by atoms with van der Waals surface area (Å²) in [6.45, 7) is 0. The fourth-order valence-electron chi connectivity index (χ4n) is 2.91. The van der Waals surface area contributed by atoms with Crippen molar-refractivity contribution >= 4 is 23.4 Å². The minimum absolute atomic E-state index is 0.189. The predicted octanol–water partition coefficient (Wildman–Crippen LogP) is 3.08. The maximum atomic E-state index is 5.93. The smallest absolute Gasteiger partial charge is 0.223 e. The van der Waals surface area contributed by atoms with Crippen molar-refractivity contribution in [1.82, 2.24) is 9.97 Å². The SMILES string of the molecule is COc1ccc2c(c1)CCCC(Nc1cc(Cl)nc(N)n1)C2. The van der Waals surface area contributed by atoms with E-state index in [4.69, 9.17) is 22.1 Å². The Labute approximate surface area is 134 Å². The third-order valence-corrected chi connectivity index (χ3v) is 4.14. The Balaban J connectivity index is 1.78. The first-order valence-electron chi connectivity index (χ1n) is 7.36. The summed E-state index contributed by atoms with van der Waals surface area (Å²) in [5.41, 5.74) is 8.36. The molecule has 1 aromatic heterocycles. The normalized spacial score (nSPS) is 17.5. The van der Waals surface area contributed by atoms with Gasteiger partial charge in [-0.15, -0.1) is 0 Å². The van der Waals surface area contributed by atoms with E-state index in [-0.39, 0.29) is 5.95 Å². The molecule has 1 aliphatic carbocycles. The van der Waals surface area contributed by atoms with Crippen LogP contribution in [0, 0.1) is 0 Å². The number of nitrogens with one attached hydrogen (secondary N) is 1. The molecule has 3 N–H and O–H groups in total. The van der Waals surface area contributed by atoms with Crippen molar-refractivity contribution in [1.29, 1.82) is 0 Å². The lowest BCUT2D eigenvalue weighted by Crippen LogP contribution is -2.22. The molecule has 0 bridgehead atoms. The van der Waals surface area contributed by atoms with Gasteiger partial charge in [0.2, 0.25) is 5.95 Å². The van der Waals surface area contributed by atoms with E-state index in [1.165, 1.54) is 11.1 Å². The average molecular weight is 319 g/mol. The summed E-state index contributed by atoms with van der Waals surface area (Å²) < 4.78 is 5.31. The number of nitrogens with two attached hydrogens (primary N) is 1. The number of nitrogen functional groups attached to an aromatic ring is 1. The highest BCUT2D eigenvalue weighted by Gasteiger charge is 2.18. The van der Waals surface area contributed by atoms with Gasteiger partial charge in [-0.1, -0.05) is 17.7 Å². The first-order chi connectivity index (χ1) is 10.6. The topological polar surface area (TPSA) is 73.1 Å². The van der Waals surface area contributed by atoms with Crippen LogP contribution in [0.2, 0.25) is 5.15 Å². The molecule has 1 aliphatic rings. The van der Waals surface area contributed by atoms with Crippen LogP contribution in [-0.4, -0.2) is 23.1 Å². The van der Waals surface area contributed by atoms with Crippen LogP contribution in [0.1, 0.15) is 24.0 Å². The van der Waals surface area contributed by atoms with E-state index in [1.807, 2.05) is 6.07 Å². The molecule has 0 spiro atoms. The van der Waals surface area contributed by atoms with Crippen LogP contribution >= 0.6 is 11.6 Å². The molecule has 0 amide bonds. The molecule has 1 atom stereocenters. The van der Waals surface area contributed by atoms with Gasteiger partial charge in [-0.3, -0.25) is 0 Å². The number of ether oxygens (including phenoxy) is 1. The molecule has 1 unspecified atom stereocenters. The number of halogens is 1. The summed E-state index contributed by atoms with van der Waals surface area (Å²) in [5, 5.41) is 3.78. The molecule has 0 radical (unpaired) electrons. The zero-order chi connectivity index (χ0) is 15.5. The second kappa shape index (κ2) is 6.40. The predicted molar refractivity (Wildman–Crippen MR) is 88.5 cm³/mol. The number of rotatable bonds is 3.